The van der Waals surface area contributed by atoms with Gasteiger partial charge in [0.25, 0.3) is 5.91 Å². The lowest BCUT2D eigenvalue weighted by Crippen LogP contribution is -2.30. The Hall–Kier alpha value is -1.55. The average molecular weight is 318 g/mol. The van der Waals surface area contributed by atoms with Crippen LogP contribution in [-0.4, -0.2) is 42.2 Å². The van der Waals surface area contributed by atoms with E-state index < -0.39 is 0 Å². The van der Waals surface area contributed by atoms with Gasteiger partial charge < -0.3 is 15.3 Å². The highest BCUT2D eigenvalue weighted by Crippen LogP contribution is 2.27. The second-order valence-corrected chi connectivity index (χ2v) is 8.02. The molecule has 0 aliphatic carbocycles. The summed E-state index contributed by atoms with van der Waals surface area (Å²) < 4.78 is 0. The Kier molecular flexibility index (Phi) is 5.35. The fraction of sp³-hybridized carbons (Fsp3) is 0.632. The quantitative estimate of drug-likeness (QED) is 0.896. The molecule has 1 aromatic carbocycles. The third kappa shape index (κ3) is 4.25. The predicted octanol–water partition coefficient (Wildman–Crippen LogP) is 3.15. The van der Waals surface area contributed by atoms with Crippen molar-refractivity contribution in [3.63, 3.8) is 0 Å². The molecule has 0 bridgehead atoms. The summed E-state index contributed by atoms with van der Waals surface area (Å²) in [4.78, 5) is 14.7. The number of amides is 1. The Bertz CT molecular complexity index is 563. The summed E-state index contributed by atoms with van der Waals surface area (Å²) in [5.74, 6) is 0.623. The molecule has 1 saturated heterocycles. The van der Waals surface area contributed by atoms with Gasteiger partial charge in [-0.3, -0.25) is 4.79 Å². The van der Waals surface area contributed by atoms with Crippen LogP contribution in [0.15, 0.2) is 18.2 Å². The molecular formula is C19H30N2O2. The van der Waals surface area contributed by atoms with Crippen molar-refractivity contribution in [2.45, 2.75) is 34.6 Å². The number of rotatable bonds is 4. The highest BCUT2D eigenvalue weighted by atomic mass is 16.3. The predicted molar refractivity (Wildman–Crippen MR) is 94.8 cm³/mol. The van der Waals surface area contributed by atoms with Crippen LogP contribution >= 0.6 is 0 Å². The van der Waals surface area contributed by atoms with Crippen LogP contribution in [0.4, 0.5) is 5.69 Å². The lowest BCUT2D eigenvalue weighted by molar-refractivity contribution is 0.0780. The highest BCUT2D eigenvalue weighted by molar-refractivity contribution is 5.97. The maximum absolute atomic E-state index is 12.8. The van der Waals surface area contributed by atoms with Crippen LogP contribution < -0.4 is 5.32 Å². The molecule has 0 saturated carbocycles. The maximum atomic E-state index is 12.8. The van der Waals surface area contributed by atoms with Crippen LogP contribution in [0.25, 0.3) is 0 Å². The second-order valence-electron chi connectivity index (χ2n) is 8.02. The number of carbonyl (C=O) groups is 1. The van der Waals surface area contributed by atoms with Crippen molar-refractivity contribution in [3.8, 4) is 0 Å². The topological polar surface area (TPSA) is 52.6 Å². The first-order valence-corrected chi connectivity index (χ1v) is 8.46. The fourth-order valence-electron chi connectivity index (χ4n) is 3.03. The van der Waals surface area contributed by atoms with Crippen molar-refractivity contribution < 1.29 is 9.90 Å². The number of anilines is 1. The van der Waals surface area contributed by atoms with Crippen LogP contribution in [0.2, 0.25) is 0 Å². The maximum Gasteiger partial charge on any atom is 0.254 e. The Morgan fingerprint density at radius 1 is 1.35 bits per heavy atom. The first-order chi connectivity index (χ1) is 10.7. The van der Waals surface area contributed by atoms with Crippen molar-refractivity contribution in [1.82, 2.24) is 4.90 Å². The molecule has 0 spiro atoms. The lowest BCUT2D eigenvalue weighted by atomic mass is 9.96. The van der Waals surface area contributed by atoms with Crippen molar-refractivity contribution >= 4 is 11.6 Å². The van der Waals surface area contributed by atoms with E-state index in [0.29, 0.717) is 12.5 Å². The normalized spacial score (nSPS) is 21.6. The molecule has 4 heteroatoms. The molecular weight excluding hydrogens is 288 g/mol. The zero-order valence-electron chi connectivity index (χ0n) is 15.0. The van der Waals surface area contributed by atoms with E-state index in [4.69, 9.17) is 0 Å². The van der Waals surface area contributed by atoms with Gasteiger partial charge in [-0.25, -0.2) is 0 Å². The first-order valence-electron chi connectivity index (χ1n) is 8.46. The van der Waals surface area contributed by atoms with E-state index in [2.05, 4.69) is 33.0 Å². The first kappa shape index (κ1) is 17.8. The van der Waals surface area contributed by atoms with E-state index in [0.717, 1.165) is 29.9 Å². The monoisotopic (exact) mass is 318 g/mol. The summed E-state index contributed by atoms with van der Waals surface area (Å²) in [7, 11) is 0. The smallest absolute Gasteiger partial charge is 0.254 e. The van der Waals surface area contributed by atoms with E-state index >= 15 is 0 Å². The van der Waals surface area contributed by atoms with Gasteiger partial charge in [-0.05, 0) is 36.0 Å². The summed E-state index contributed by atoms with van der Waals surface area (Å²) in [5.41, 5.74) is 2.97. The molecule has 2 atom stereocenters. The Balaban J connectivity index is 2.15. The summed E-state index contributed by atoms with van der Waals surface area (Å²) in [6.45, 7) is 13.0. The summed E-state index contributed by atoms with van der Waals surface area (Å²) in [6.07, 6.45) is 0. The molecule has 2 N–H and O–H groups in total. The van der Waals surface area contributed by atoms with Gasteiger partial charge in [-0.15, -0.1) is 0 Å². The van der Waals surface area contributed by atoms with Crippen LogP contribution in [-0.2, 0) is 0 Å². The van der Waals surface area contributed by atoms with Crippen LogP contribution in [0.1, 0.15) is 43.6 Å². The summed E-state index contributed by atoms with van der Waals surface area (Å²) in [6, 6.07) is 5.87. The average Bonchev–Trinajstić information content (AvgIpc) is 2.85. The Labute approximate surface area is 139 Å². The van der Waals surface area contributed by atoms with Gasteiger partial charge in [-0.2, -0.15) is 0 Å². The Morgan fingerprint density at radius 2 is 2.04 bits per heavy atom. The molecule has 128 valence electrons. The van der Waals surface area contributed by atoms with Crippen molar-refractivity contribution in [3.05, 3.63) is 29.3 Å². The molecule has 1 aromatic rings. The minimum Gasteiger partial charge on any atom is -0.396 e. The molecule has 0 aromatic heterocycles. The molecule has 1 aliphatic rings. The van der Waals surface area contributed by atoms with E-state index in [1.54, 1.807) is 0 Å². The molecule has 4 nitrogen and oxygen atoms in total. The van der Waals surface area contributed by atoms with Gasteiger partial charge in [-0.1, -0.05) is 33.8 Å². The van der Waals surface area contributed by atoms with Gasteiger partial charge in [0.2, 0.25) is 0 Å². The number of aliphatic hydroxyl groups excluding tert-OH is 1. The lowest BCUT2D eigenvalue weighted by Gasteiger charge is -2.22. The SMILES string of the molecule is Cc1c(NCC(C)(C)C)cccc1C(=O)N1C[C@@H](CO)[C@H](C)C1. The molecule has 1 amide bonds. The van der Waals surface area contributed by atoms with Gasteiger partial charge in [0.05, 0.1) is 0 Å². The molecule has 2 rings (SSSR count). The third-order valence-corrected chi connectivity index (χ3v) is 4.66. The van der Waals surface area contributed by atoms with Crippen molar-refractivity contribution in [1.29, 1.82) is 0 Å². The molecule has 1 heterocycles. The van der Waals surface area contributed by atoms with Gasteiger partial charge in [0.15, 0.2) is 0 Å². The minimum atomic E-state index is 0.0738. The van der Waals surface area contributed by atoms with Crippen molar-refractivity contribution in [2.24, 2.45) is 17.3 Å². The molecule has 1 fully saturated rings. The zero-order chi connectivity index (χ0) is 17.2. The Morgan fingerprint density at radius 3 is 2.61 bits per heavy atom. The van der Waals surface area contributed by atoms with Gasteiger partial charge >= 0.3 is 0 Å². The number of nitrogens with zero attached hydrogens (tertiary/aromatic N) is 1. The standard InChI is InChI=1S/C19H30N2O2/c1-13-9-21(10-15(13)11-22)18(23)16-7-6-8-17(14(16)2)20-12-19(3,4)5/h6-8,13,15,20,22H,9-12H2,1-5H3/t13-,15+/m1/s1. The summed E-state index contributed by atoms with van der Waals surface area (Å²) in [5, 5.41) is 12.9. The number of benzene rings is 1. The number of hydrogen-bond acceptors (Lipinski definition) is 3. The van der Waals surface area contributed by atoms with Crippen LogP contribution in [0.3, 0.4) is 0 Å². The van der Waals surface area contributed by atoms with Gasteiger partial charge in [0, 0.05) is 43.4 Å². The van der Waals surface area contributed by atoms with E-state index in [1.807, 2.05) is 30.0 Å². The van der Waals surface area contributed by atoms with E-state index in [1.165, 1.54) is 0 Å². The third-order valence-electron chi connectivity index (χ3n) is 4.66. The molecule has 23 heavy (non-hydrogen) atoms. The van der Waals surface area contributed by atoms with E-state index in [9.17, 15) is 9.90 Å². The number of carbonyl (C=O) groups excluding carboxylic acids is 1. The number of hydrogen-bond donors (Lipinski definition) is 2. The highest BCUT2D eigenvalue weighted by Gasteiger charge is 2.32. The van der Waals surface area contributed by atoms with Crippen LogP contribution in [0.5, 0.6) is 0 Å². The number of nitrogens with one attached hydrogen (secondary N) is 1. The second kappa shape index (κ2) is 6.91. The zero-order valence-corrected chi connectivity index (χ0v) is 15.0. The van der Waals surface area contributed by atoms with Crippen molar-refractivity contribution in [2.75, 3.05) is 31.6 Å². The van der Waals surface area contributed by atoms with E-state index in [-0.39, 0.29) is 23.8 Å². The fourth-order valence-corrected chi connectivity index (χ4v) is 3.03. The largest absolute Gasteiger partial charge is 0.396 e. The molecule has 1 aliphatic heterocycles. The van der Waals surface area contributed by atoms with Gasteiger partial charge in [0.1, 0.15) is 0 Å². The minimum absolute atomic E-state index is 0.0738. The van der Waals surface area contributed by atoms with Crippen LogP contribution in [0, 0.1) is 24.2 Å². The molecule has 0 radical (unpaired) electrons. The summed E-state index contributed by atoms with van der Waals surface area (Å²) >= 11 is 0. The number of likely N-dealkylation sites (tertiary alicyclic amines) is 1. The molecule has 0 unspecified atom stereocenters. The number of aliphatic hydroxyl groups is 1.